The van der Waals surface area contributed by atoms with Crippen molar-refractivity contribution in [3.8, 4) is 5.69 Å². The first-order chi connectivity index (χ1) is 24.5. The molecule has 1 heterocycles. The second-order valence-electron chi connectivity index (χ2n) is 11.4. The summed E-state index contributed by atoms with van der Waals surface area (Å²) in [7, 11) is 0. The quantitative estimate of drug-likeness (QED) is 0.0808. The fourth-order valence-electron chi connectivity index (χ4n) is 5.86. The largest absolute Gasteiger partial charge is 0.313 e. The van der Waals surface area contributed by atoms with Gasteiger partial charge in [0, 0.05) is 45.0 Å². The van der Waals surface area contributed by atoms with Crippen LogP contribution in [0.2, 0.25) is 5.02 Å². The van der Waals surface area contributed by atoms with Crippen molar-refractivity contribution in [2.45, 2.75) is 53.9 Å². The Morgan fingerprint density at radius 1 is 1.00 bits per heavy atom. The molecule has 0 saturated heterocycles. The van der Waals surface area contributed by atoms with Crippen molar-refractivity contribution in [2.24, 2.45) is 15.0 Å². The van der Waals surface area contributed by atoms with E-state index in [0.717, 1.165) is 52.7 Å². The Balaban J connectivity index is 0.000000549. The van der Waals surface area contributed by atoms with Crippen LogP contribution in [-0.4, -0.2) is 29.5 Å². The van der Waals surface area contributed by atoms with Gasteiger partial charge >= 0.3 is 0 Å². The summed E-state index contributed by atoms with van der Waals surface area (Å²) in [6, 6.07) is 22.5. The highest BCUT2D eigenvalue weighted by atomic mass is 35.5. The maximum Gasteiger partial charge on any atom is 0.161 e. The Hall–Kier alpha value is -5.28. The molecular weight excluding hydrogens is 632 g/mol. The molecule has 0 atom stereocenters. The summed E-state index contributed by atoms with van der Waals surface area (Å²) >= 11 is 6.80. The summed E-state index contributed by atoms with van der Waals surface area (Å²) in [5.74, 6) is 1.08. The van der Waals surface area contributed by atoms with Crippen molar-refractivity contribution in [1.82, 2.24) is 4.57 Å². The Kier molecular flexibility index (Phi) is 14.3. The van der Waals surface area contributed by atoms with Gasteiger partial charge in [-0.2, -0.15) is 0 Å². The van der Waals surface area contributed by atoms with E-state index in [1.807, 2.05) is 101 Å². The van der Waals surface area contributed by atoms with Gasteiger partial charge in [0.2, 0.25) is 0 Å². The average Bonchev–Trinajstić information content (AvgIpc) is 3.48. The van der Waals surface area contributed by atoms with Gasteiger partial charge in [0.25, 0.3) is 0 Å². The molecule has 2 aliphatic carbocycles. The van der Waals surface area contributed by atoms with Crippen molar-refractivity contribution in [2.75, 3.05) is 6.54 Å². The van der Waals surface area contributed by atoms with Crippen LogP contribution in [0.5, 0.6) is 0 Å². The topological polar surface area (TPSA) is 42.0 Å². The lowest BCUT2D eigenvalue weighted by Crippen LogP contribution is -2.08. The number of hydrogen-bond donors (Lipinski definition) is 0. The molecule has 0 fully saturated rings. The van der Waals surface area contributed by atoms with E-state index in [9.17, 15) is 0 Å². The number of allylic oxidation sites excluding steroid dienone is 9. The minimum absolute atomic E-state index is 0.517. The minimum atomic E-state index is 0.517. The molecule has 6 rings (SSSR count). The number of aliphatic imine (C=N–C) groups is 3. The van der Waals surface area contributed by atoms with E-state index >= 15 is 0 Å². The van der Waals surface area contributed by atoms with E-state index in [0.29, 0.717) is 23.2 Å². The Labute approximate surface area is 303 Å². The standard InChI is InChI=1S/C36H33ClN4.C7H8.C2H6/c1-5-13-25(14-6-2)27-19-20-32-31-17-11-12-18-33(31)41(34(32)23-27)30-22-28(21-29(37)24-30)36(39-7-3)40-35(38-4)26-15-9-8-10-16-26;1-7-5-3-2-4-6-7;1-2/h5-6,8-11,13-17,19-24H,1,4,7,12,18H2,2-3H3;2,5-6H,3H2,1H3;1-2H3/b14-6-,25-13+,39-36?,40-35?;;. The summed E-state index contributed by atoms with van der Waals surface area (Å²) in [5.41, 5.74) is 12.9. The zero-order valence-corrected chi connectivity index (χ0v) is 30.7. The van der Waals surface area contributed by atoms with Crippen LogP contribution < -0.4 is 0 Å². The minimum Gasteiger partial charge on any atom is -0.313 e. The number of aromatic nitrogens is 1. The highest BCUT2D eigenvalue weighted by Crippen LogP contribution is 2.36. The Morgan fingerprint density at radius 2 is 1.80 bits per heavy atom. The van der Waals surface area contributed by atoms with Crippen LogP contribution in [0.25, 0.3) is 28.2 Å². The predicted octanol–water partition coefficient (Wildman–Crippen LogP) is 12.4. The van der Waals surface area contributed by atoms with Gasteiger partial charge in [-0.05, 0) is 99.9 Å². The van der Waals surface area contributed by atoms with Crippen LogP contribution in [0.1, 0.15) is 75.4 Å². The first-order valence-corrected chi connectivity index (χ1v) is 17.7. The van der Waals surface area contributed by atoms with Crippen LogP contribution in [0, 0.1) is 0 Å². The molecular formula is C45H47ClN4. The molecule has 1 aromatic heterocycles. The number of benzene rings is 3. The molecule has 0 spiro atoms. The molecule has 4 aromatic rings. The summed E-state index contributed by atoms with van der Waals surface area (Å²) < 4.78 is 2.34. The second kappa shape index (κ2) is 19.0. The summed E-state index contributed by atoms with van der Waals surface area (Å²) in [5, 5.41) is 1.82. The molecule has 3 aromatic carbocycles. The number of halogens is 1. The van der Waals surface area contributed by atoms with Gasteiger partial charge in [-0.1, -0.05) is 117 Å². The number of amidine groups is 2. The SMILES string of the molecule is C=C/C=C(\C=C/C)c1ccc2c3c(n(-c4cc(Cl)cc(C(=NCC)N=C(N=C)c5ccccc5)c4)c2c1)CCC=C3.CC.CC1=CCC=C=C1. The fraction of sp³-hybridized carbons (Fsp3) is 0.200. The molecule has 5 heteroatoms. The number of fused-ring (bicyclic) bond motifs is 3. The highest BCUT2D eigenvalue weighted by molar-refractivity contribution is 6.31. The third-order valence-electron chi connectivity index (χ3n) is 8.01. The van der Waals surface area contributed by atoms with Gasteiger partial charge in [-0.25, -0.2) is 9.98 Å². The van der Waals surface area contributed by atoms with E-state index in [1.54, 1.807) is 0 Å². The molecule has 0 N–H and O–H groups in total. The average molecular weight is 679 g/mol. The zero-order valence-electron chi connectivity index (χ0n) is 30.0. The van der Waals surface area contributed by atoms with Gasteiger partial charge in [-0.15, -0.1) is 5.73 Å². The van der Waals surface area contributed by atoms with Crippen molar-refractivity contribution >= 4 is 52.5 Å². The van der Waals surface area contributed by atoms with Gasteiger partial charge in [0.15, 0.2) is 11.7 Å². The van der Waals surface area contributed by atoms with Crippen LogP contribution in [0.4, 0.5) is 0 Å². The molecule has 0 unspecified atom stereocenters. The molecule has 0 bridgehead atoms. The lowest BCUT2D eigenvalue weighted by Gasteiger charge is -2.15. The van der Waals surface area contributed by atoms with E-state index in [-0.39, 0.29) is 0 Å². The van der Waals surface area contributed by atoms with Crippen molar-refractivity contribution in [3.05, 3.63) is 166 Å². The lowest BCUT2D eigenvalue weighted by atomic mass is 9.99. The molecule has 2 aliphatic rings. The van der Waals surface area contributed by atoms with Gasteiger partial charge in [0.1, 0.15) is 0 Å². The van der Waals surface area contributed by atoms with Gasteiger partial charge in [-0.3, -0.25) is 4.99 Å². The molecule has 0 amide bonds. The molecule has 0 radical (unpaired) electrons. The second-order valence-corrected chi connectivity index (χ2v) is 11.8. The molecule has 50 heavy (non-hydrogen) atoms. The number of hydrogen-bond acceptors (Lipinski definition) is 1. The first kappa shape index (κ1) is 37.5. The summed E-state index contributed by atoms with van der Waals surface area (Å²) in [6.07, 6.45) is 21.7. The fourth-order valence-corrected chi connectivity index (χ4v) is 6.09. The molecule has 0 saturated carbocycles. The molecule has 4 nitrogen and oxygen atoms in total. The lowest BCUT2D eigenvalue weighted by molar-refractivity contribution is 0.888. The van der Waals surface area contributed by atoms with Crippen molar-refractivity contribution in [1.29, 1.82) is 0 Å². The van der Waals surface area contributed by atoms with Crippen molar-refractivity contribution < 1.29 is 0 Å². The van der Waals surface area contributed by atoms with E-state index in [4.69, 9.17) is 21.6 Å². The summed E-state index contributed by atoms with van der Waals surface area (Å²) in [4.78, 5) is 13.8. The molecule has 254 valence electrons. The van der Waals surface area contributed by atoms with Crippen molar-refractivity contribution in [3.63, 3.8) is 0 Å². The van der Waals surface area contributed by atoms with E-state index < -0.39 is 0 Å². The smallest absolute Gasteiger partial charge is 0.161 e. The number of rotatable bonds is 7. The van der Waals surface area contributed by atoms with Crippen LogP contribution in [0.15, 0.2) is 148 Å². The van der Waals surface area contributed by atoms with E-state index in [1.165, 1.54) is 22.2 Å². The van der Waals surface area contributed by atoms with Gasteiger partial charge < -0.3 is 4.57 Å². The van der Waals surface area contributed by atoms with E-state index in [2.05, 4.69) is 84.1 Å². The van der Waals surface area contributed by atoms with Crippen LogP contribution >= 0.6 is 11.6 Å². The monoisotopic (exact) mass is 678 g/mol. The molecule has 0 aliphatic heterocycles. The first-order valence-electron chi connectivity index (χ1n) is 17.3. The third kappa shape index (κ3) is 9.24. The highest BCUT2D eigenvalue weighted by Gasteiger charge is 2.20. The maximum absolute atomic E-state index is 6.80. The zero-order chi connectivity index (χ0) is 35.9. The van der Waals surface area contributed by atoms with Gasteiger partial charge in [0.05, 0.1) is 5.52 Å². The Bertz CT molecular complexity index is 2070. The maximum atomic E-state index is 6.80. The predicted molar refractivity (Wildman–Crippen MR) is 221 cm³/mol. The number of nitrogens with zero attached hydrogens (tertiary/aromatic N) is 4. The third-order valence-corrected chi connectivity index (χ3v) is 8.22. The van der Waals surface area contributed by atoms with Crippen LogP contribution in [0.3, 0.4) is 0 Å². The Morgan fingerprint density at radius 3 is 2.44 bits per heavy atom. The normalized spacial score (nSPS) is 14.0. The summed E-state index contributed by atoms with van der Waals surface area (Å²) in [6.45, 7) is 18.3. The van der Waals surface area contributed by atoms with Crippen LogP contribution in [-0.2, 0) is 6.42 Å².